The van der Waals surface area contributed by atoms with Crippen molar-refractivity contribution in [1.82, 2.24) is 9.88 Å². The van der Waals surface area contributed by atoms with Gasteiger partial charge in [-0.15, -0.1) is 11.3 Å². The van der Waals surface area contributed by atoms with Crippen LogP contribution in [0, 0.1) is 0 Å². The second-order valence-corrected chi connectivity index (χ2v) is 11.9. The third kappa shape index (κ3) is 6.24. The van der Waals surface area contributed by atoms with Gasteiger partial charge in [-0.25, -0.2) is 4.99 Å². The molecule has 40 heavy (non-hydrogen) atoms. The van der Waals surface area contributed by atoms with Crippen LogP contribution in [0.2, 0.25) is 0 Å². The number of hydrogen-bond donors (Lipinski definition) is 2. The minimum absolute atomic E-state index is 0.0331. The number of carbonyl (C=O) groups excluding carboxylic acids is 1. The summed E-state index contributed by atoms with van der Waals surface area (Å²) in [6, 6.07) is 32.2. The molecule has 0 saturated heterocycles. The number of fused-ring (bicyclic) bond motifs is 1. The molecule has 0 bridgehead atoms. The zero-order valence-electron chi connectivity index (χ0n) is 23.3. The Labute approximate surface area is 240 Å². The van der Waals surface area contributed by atoms with Crippen LogP contribution < -0.4 is 15.9 Å². The number of hydrogen-bond acceptors (Lipinski definition) is 4. The molecule has 1 amide bonds. The smallest absolute Gasteiger partial charge is 0.243 e. The second kappa shape index (κ2) is 12.0. The predicted molar refractivity (Wildman–Crippen MR) is 166 cm³/mol. The van der Waals surface area contributed by atoms with Gasteiger partial charge in [-0.05, 0) is 39.6 Å². The van der Waals surface area contributed by atoms with Gasteiger partial charge in [0.2, 0.25) is 5.91 Å². The Bertz CT molecular complexity index is 1660. The number of nitrogens with zero attached hydrogens (tertiary/aromatic N) is 2. The molecule has 3 N–H and O–H groups in total. The van der Waals surface area contributed by atoms with Gasteiger partial charge in [0.1, 0.15) is 6.04 Å². The minimum Gasteiger partial charge on any atom is -0.350 e. The number of aromatic nitrogens is 1. The maximum absolute atomic E-state index is 14.2. The summed E-state index contributed by atoms with van der Waals surface area (Å²) in [5, 5.41) is 7.71. The number of rotatable bonds is 8. The summed E-state index contributed by atoms with van der Waals surface area (Å²) in [5.74, 6) is -0.0331. The van der Waals surface area contributed by atoms with Gasteiger partial charge in [0.05, 0.1) is 5.69 Å². The molecule has 0 aliphatic heterocycles. The Balaban J connectivity index is 1.60. The number of thiazole rings is 1. The highest BCUT2D eigenvalue weighted by molar-refractivity contribution is 7.07. The molecule has 0 spiro atoms. The lowest BCUT2D eigenvalue weighted by molar-refractivity contribution is -0.124. The van der Waals surface area contributed by atoms with Crippen molar-refractivity contribution in [1.29, 1.82) is 0 Å². The molecule has 5 rings (SSSR count). The average molecular weight is 549 g/mol. The van der Waals surface area contributed by atoms with E-state index in [0.29, 0.717) is 19.5 Å². The molecular formula is C34H36N4OS. The fraction of sp³-hybridized carbons (Fsp3) is 0.235. The molecule has 4 aromatic carbocycles. The van der Waals surface area contributed by atoms with Crippen molar-refractivity contribution in [3.8, 4) is 0 Å². The first-order valence-electron chi connectivity index (χ1n) is 13.7. The van der Waals surface area contributed by atoms with Crippen LogP contribution in [0.3, 0.4) is 0 Å². The summed E-state index contributed by atoms with van der Waals surface area (Å²) in [7, 11) is 0. The van der Waals surface area contributed by atoms with E-state index >= 15 is 0 Å². The molecule has 0 aliphatic rings. The lowest BCUT2D eigenvalue weighted by Crippen LogP contribution is -2.39. The van der Waals surface area contributed by atoms with E-state index in [0.717, 1.165) is 38.3 Å². The second-order valence-electron chi connectivity index (χ2n) is 11.1. The first kappa shape index (κ1) is 27.6. The van der Waals surface area contributed by atoms with Crippen molar-refractivity contribution in [3.63, 3.8) is 0 Å². The molecule has 0 aliphatic carbocycles. The zero-order chi connectivity index (χ0) is 28.1. The third-order valence-electron chi connectivity index (χ3n) is 7.12. The molecule has 1 heterocycles. The van der Waals surface area contributed by atoms with E-state index in [4.69, 9.17) is 10.7 Å². The largest absolute Gasteiger partial charge is 0.350 e. The average Bonchev–Trinajstić information content (AvgIpc) is 3.39. The van der Waals surface area contributed by atoms with E-state index in [1.807, 2.05) is 54.6 Å². The van der Waals surface area contributed by atoms with Crippen molar-refractivity contribution < 1.29 is 4.79 Å². The lowest BCUT2D eigenvalue weighted by Gasteiger charge is -2.27. The molecule has 0 fully saturated rings. The predicted octanol–water partition coefficient (Wildman–Crippen LogP) is 6.79. The van der Waals surface area contributed by atoms with Crippen LogP contribution in [-0.2, 0) is 29.7 Å². The molecule has 5 aromatic rings. The highest BCUT2D eigenvalue weighted by Gasteiger charge is 2.29. The van der Waals surface area contributed by atoms with Crippen LogP contribution in [-0.4, -0.2) is 10.5 Å². The highest BCUT2D eigenvalue weighted by Crippen LogP contribution is 2.29. The Morgan fingerprint density at radius 3 is 2.30 bits per heavy atom. The van der Waals surface area contributed by atoms with Gasteiger partial charge in [0, 0.05) is 36.0 Å². The summed E-state index contributed by atoms with van der Waals surface area (Å²) in [4.78, 5) is 20.0. The van der Waals surface area contributed by atoms with E-state index in [2.05, 4.69) is 78.5 Å². The van der Waals surface area contributed by atoms with Crippen molar-refractivity contribution in [2.75, 3.05) is 0 Å². The van der Waals surface area contributed by atoms with E-state index in [-0.39, 0.29) is 11.3 Å². The SMILES string of the molecule is CC(C)(C)c1csc(=Nc2ccccc2)n1[C@H](Cc1cccc2ccccc12)C(=O)NCc1ccc(CN)cc1. The maximum atomic E-state index is 14.2. The Morgan fingerprint density at radius 1 is 0.900 bits per heavy atom. The molecule has 1 aromatic heterocycles. The number of nitrogens with two attached hydrogens (primary N) is 1. The fourth-order valence-corrected chi connectivity index (χ4v) is 6.12. The monoisotopic (exact) mass is 548 g/mol. The molecule has 0 saturated carbocycles. The Kier molecular flexibility index (Phi) is 8.29. The molecule has 204 valence electrons. The summed E-state index contributed by atoms with van der Waals surface area (Å²) in [6.07, 6.45) is 0.543. The maximum Gasteiger partial charge on any atom is 0.243 e. The summed E-state index contributed by atoms with van der Waals surface area (Å²) in [6.45, 7) is 7.49. The molecule has 5 nitrogen and oxygen atoms in total. The van der Waals surface area contributed by atoms with Gasteiger partial charge >= 0.3 is 0 Å². The fourth-order valence-electron chi connectivity index (χ4n) is 4.94. The summed E-state index contributed by atoms with van der Waals surface area (Å²) < 4.78 is 2.16. The van der Waals surface area contributed by atoms with Crippen LogP contribution in [0.5, 0.6) is 0 Å². The number of carbonyl (C=O) groups is 1. The first-order valence-corrected chi connectivity index (χ1v) is 14.5. The summed E-state index contributed by atoms with van der Waals surface area (Å²) in [5.41, 5.74) is 10.8. The van der Waals surface area contributed by atoms with Crippen molar-refractivity contribution in [2.24, 2.45) is 10.7 Å². The van der Waals surface area contributed by atoms with E-state index in [1.54, 1.807) is 11.3 Å². The lowest BCUT2D eigenvalue weighted by atomic mass is 9.91. The Hall–Kier alpha value is -4.00. The van der Waals surface area contributed by atoms with Crippen LogP contribution in [0.4, 0.5) is 5.69 Å². The van der Waals surface area contributed by atoms with Crippen molar-refractivity contribution in [3.05, 3.63) is 130 Å². The van der Waals surface area contributed by atoms with Crippen LogP contribution in [0.1, 0.15) is 49.2 Å². The van der Waals surface area contributed by atoms with E-state index in [9.17, 15) is 4.79 Å². The normalized spacial score (nSPS) is 12.9. The molecule has 1 atom stereocenters. The summed E-state index contributed by atoms with van der Waals surface area (Å²) >= 11 is 1.58. The standard InChI is InChI=1S/C34H36N4OS/c1-34(2,3)31-23-40-33(37-28-13-5-4-6-14-28)38(31)30(20-27-12-9-11-26-10-7-8-15-29(26)27)32(39)36-22-25-18-16-24(21-35)17-19-25/h4-19,23,30H,20-22,35H2,1-3H3,(H,36,39)/t30-/m1/s1. The van der Waals surface area contributed by atoms with Crippen molar-refractivity contribution >= 4 is 33.7 Å². The number of nitrogens with one attached hydrogen (secondary N) is 1. The number of benzene rings is 4. The van der Waals surface area contributed by atoms with Gasteiger partial charge in [-0.3, -0.25) is 4.79 Å². The molecule has 0 unspecified atom stereocenters. The first-order chi connectivity index (χ1) is 19.3. The topological polar surface area (TPSA) is 72.4 Å². The zero-order valence-corrected chi connectivity index (χ0v) is 24.1. The number of amides is 1. The van der Waals surface area contributed by atoms with Gasteiger partial charge in [-0.2, -0.15) is 0 Å². The van der Waals surface area contributed by atoms with Gasteiger partial charge in [-0.1, -0.05) is 106 Å². The Morgan fingerprint density at radius 2 is 1.57 bits per heavy atom. The minimum atomic E-state index is -0.489. The third-order valence-corrected chi connectivity index (χ3v) is 7.96. The van der Waals surface area contributed by atoms with Gasteiger partial charge in [0.15, 0.2) is 4.80 Å². The molecule has 6 heteroatoms. The van der Waals surface area contributed by atoms with Crippen LogP contribution in [0.15, 0.2) is 107 Å². The van der Waals surface area contributed by atoms with Gasteiger partial charge in [0.25, 0.3) is 0 Å². The number of para-hydroxylation sites is 1. The molecule has 0 radical (unpaired) electrons. The van der Waals surface area contributed by atoms with Crippen LogP contribution in [0.25, 0.3) is 10.8 Å². The highest BCUT2D eigenvalue weighted by atomic mass is 32.1. The van der Waals surface area contributed by atoms with Crippen LogP contribution >= 0.6 is 11.3 Å². The van der Waals surface area contributed by atoms with E-state index in [1.165, 1.54) is 5.39 Å². The van der Waals surface area contributed by atoms with E-state index < -0.39 is 6.04 Å². The van der Waals surface area contributed by atoms with Crippen molar-refractivity contribution in [2.45, 2.75) is 51.7 Å². The molecular weight excluding hydrogens is 512 g/mol. The van der Waals surface area contributed by atoms with Gasteiger partial charge < -0.3 is 15.6 Å². The quantitative estimate of drug-likeness (QED) is 0.224.